The van der Waals surface area contributed by atoms with Gasteiger partial charge in [-0.1, -0.05) is 11.6 Å². The van der Waals surface area contributed by atoms with Crippen molar-refractivity contribution in [1.29, 1.82) is 0 Å². The van der Waals surface area contributed by atoms with Gasteiger partial charge in [-0.3, -0.25) is 0 Å². The van der Waals surface area contributed by atoms with Gasteiger partial charge in [0.05, 0.1) is 5.52 Å². The Morgan fingerprint density at radius 1 is 1.45 bits per heavy atom. The Bertz CT molecular complexity index is 394. The van der Waals surface area contributed by atoms with Crippen LogP contribution >= 0.6 is 11.6 Å². The van der Waals surface area contributed by atoms with Crippen molar-refractivity contribution in [3.63, 3.8) is 0 Å². The van der Waals surface area contributed by atoms with E-state index in [-0.39, 0.29) is 0 Å². The Morgan fingerprint density at radius 2 is 2.27 bits per heavy atom. The van der Waals surface area contributed by atoms with Crippen molar-refractivity contribution in [2.24, 2.45) is 0 Å². The van der Waals surface area contributed by atoms with Crippen LogP contribution in [0.3, 0.4) is 0 Å². The van der Waals surface area contributed by atoms with Crippen molar-refractivity contribution in [3.8, 4) is 0 Å². The molecule has 11 heavy (non-hydrogen) atoms. The first-order valence-electron chi connectivity index (χ1n) is 3.01. The third-order valence-electron chi connectivity index (χ3n) is 1.45. The van der Waals surface area contributed by atoms with Crippen LogP contribution in [0.15, 0.2) is 18.6 Å². The normalized spacial score (nSPS) is 10.6. The second kappa shape index (κ2) is 2.10. The molecule has 0 radical (unpaired) electrons. The molecule has 2 aromatic heterocycles. The van der Waals surface area contributed by atoms with Gasteiger partial charge < -0.3 is 5.84 Å². The van der Waals surface area contributed by atoms with E-state index in [1.165, 1.54) is 11.0 Å². The predicted octanol–water partition coefficient (Wildman–Crippen LogP) is 0.798. The molecular formula is C6H5ClN4. The molecule has 2 heterocycles. The predicted molar refractivity (Wildman–Crippen MR) is 42.7 cm³/mol. The maximum atomic E-state index is 5.73. The maximum absolute atomic E-state index is 5.73. The van der Waals surface area contributed by atoms with Crippen LogP contribution < -0.4 is 5.84 Å². The molecule has 0 atom stereocenters. The van der Waals surface area contributed by atoms with Crippen molar-refractivity contribution >= 4 is 22.6 Å². The van der Waals surface area contributed by atoms with Crippen molar-refractivity contribution in [2.45, 2.75) is 0 Å². The Kier molecular flexibility index (Phi) is 1.22. The zero-order valence-electron chi connectivity index (χ0n) is 5.53. The van der Waals surface area contributed by atoms with Gasteiger partial charge in [-0.2, -0.15) is 0 Å². The van der Waals surface area contributed by atoms with Gasteiger partial charge in [0.2, 0.25) is 0 Å². The summed E-state index contributed by atoms with van der Waals surface area (Å²) in [6, 6.07) is 1.76. The van der Waals surface area contributed by atoms with Gasteiger partial charge >= 0.3 is 0 Å². The number of nitrogen functional groups attached to an aromatic ring is 1. The van der Waals surface area contributed by atoms with E-state index < -0.39 is 0 Å². The van der Waals surface area contributed by atoms with Gasteiger partial charge in [0.25, 0.3) is 0 Å². The van der Waals surface area contributed by atoms with Crippen LogP contribution in [0.25, 0.3) is 11.0 Å². The number of hydrogen-bond acceptors (Lipinski definition) is 3. The van der Waals surface area contributed by atoms with E-state index in [0.29, 0.717) is 10.7 Å². The molecule has 0 spiro atoms. The number of hydrogen-bond donors (Lipinski definition) is 1. The smallest absolute Gasteiger partial charge is 0.156 e. The van der Waals surface area contributed by atoms with Crippen molar-refractivity contribution in [3.05, 3.63) is 23.7 Å². The number of fused-ring (bicyclic) bond motifs is 1. The molecule has 0 aromatic carbocycles. The second-order valence-corrected chi connectivity index (χ2v) is 2.48. The van der Waals surface area contributed by atoms with E-state index in [4.69, 9.17) is 17.4 Å². The van der Waals surface area contributed by atoms with Gasteiger partial charge in [-0.05, 0) is 6.07 Å². The third kappa shape index (κ3) is 0.832. The van der Waals surface area contributed by atoms with Crippen molar-refractivity contribution < 1.29 is 0 Å². The third-order valence-corrected chi connectivity index (χ3v) is 1.72. The Morgan fingerprint density at radius 3 is 3.00 bits per heavy atom. The zero-order valence-corrected chi connectivity index (χ0v) is 6.28. The number of aromatic nitrogens is 3. The van der Waals surface area contributed by atoms with Gasteiger partial charge in [0.15, 0.2) is 5.15 Å². The summed E-state index contributed by atoms with van der Waals surface area (Å²) in [4.78, 5) is 7.82. The number of nitrogens with zero attached hydrogens (tertiary/aromatic N) is 3. The summed E-state index contributed by atoms with van der Waals surface area (Å²) in [5.74, 6) is 5.51. The highest BCUT2D eigenvalue weighted by molar-refractivity contribution is 6.33. The molecule has 0 saturated carbocycles. The molecule has 5 heteroatoms. The van der Waals surface area contributed by atoms with Gasteiger partial charge in [0.1, 0.15) is 11.8 Å². The molecule has 0 amide bonds. The van der Waals surface area contributed by atoms with Crippen molar-refractivity contribution in [2.75, 3.05) is 5.84 Å². The fourth-order valence-electron chi connectivity index (χ4n) is 0.929. The second-order valence-electron chi connectivity index (χ2n) is 2.12. The van der Waals surface area contributed by atoms with Crippen LogP contribution in [-0.4, -0.2) is 14.6 Å². The Labute approximate surface area is 67.6 Å². The highest BCUT2D eigenvalue weighted by Gasteiger charge is 2.03. The number of nitrogens with two attached hydrogens (primary N) is 1. The summed E-state index contributed by atoms with van der Waals surface area (Å²) in [6.45, 7) is 0. The molecule has 0 aliphatic rings. The molecule has 56 valence electrons. The molecule has 2 rings (SSSR count). The van der Waals surface area contributed by atoms with Crippen LogP contribution in [0.5, 0.6) is 0 Å². The number of pyridine rings is 1. The standard InChI is InChI=1S/C6H5ClN4/c7-6-5-4(1-2-9-6)11(8)3-10-5/h1-3H,8H2. The highest BCUT2D eigenvalue weighted by atomic mass is 35.5. The molecule has 0 fully saturated rings. The highest BCUT2D eigenvalue weighted by Crippen LogP contribution is 2.16. The average molecular weight is 169 g/mol. The molecule has 0 unspecified atom stereocenters. The van der Waals surface area contributed by atoms with E-state index in [9.17, 15) is 0 Å². The lowest BCUT2D eigenvalue weighted by atomic mass is 10.4. The molecule has 2 N–H and O–H groups in total. The summed E-state index contributed by atoms with van der Waals surface area (Å²) >= 11 is 5.73. The minimum Gasteiger partial charge on any atom is -0.338 e. The fourth-order valence-corrected chi connectivity index (χ4v) is 1.13. The lowest BCUT2D eigenvalue weighted by Gasteiger charge is -1.92. The van der Waals surface area contributed by atoms with Crippen LogP contribution in [-0.2, 0) is 0 Å². The minimum atomic E-state index is 0.381. The molecule has 4 nitrogen and oxygen atoms in total. The van der Waals surface area contributed by atoms with E-state index in [1.807, 2.05) is 0 Å². The maximum Gasteiger partial charge on any atom is 0.156 e. The summed E-state index contributed by atoms with van der Waals surface area (Å²) < 4.78 is 1.41. The van der Waals surface area contributed by atoms with E-state index in [2.05, 4.69) is 9.97 Å². The first-order valence-corrected chi connectivity index (χ1v) is 3.39. The molecule has 2 aromatic rings. The number of halogens is 1. The molecular weight excluding hydrogens is 164 g/mol. The summed E-state index contributed by atoms with van der Waals surface area (Å²) in [5.41, 5.74) is 1.42. The van der Waals surface area contributed by atoms with E-state index in [1.54, 1.807) is 12.3 Å². The first-order chi connectivity index (χ1) is 5.29. The molecule has 0 aliphatic heterocycles. The summed E-state index contributed by atoms with van der Waals surface area (Å²) in [5, 5.41) is 0.381. The van der Waals surface area contributed by atoms with Crippen LogP contribution in [0, 0.1) is 0 Å². The monoisotopic (exact) mass is 168 g/mol. The van der Waals surface area contributed by atoms with E-state index >= 15 is 0 Å². The van der Waals surface area contributed by atoms with Crippen LogP contribution in [0.1, 0.15) is 0 Å². The number of imidazole rings is 1. The Hall–Kier alpha value is -1.29. The van der Waals surface area contributed by atoms with Crippen LogP contribution in [0.2, 0.25) is 5.15 Å². The average Bonchev–Trinajstić information content (AvgIpc) is 2.35. The summed E-state index contributed by atoms with van der Waals surface area (Å²) in [7, 11) is 0. The molecule has 0 saturated heterocycles. The zero-order chi connectivity index (χ0) is 7.84. The first kappa shape index (κ1) is 6.42. The van der Waals surface area contributed by atoms with Gasteiger partial charge in [-0.15, -0.1) is 0 Å². The SMILES string of the molecule is Nn1cnc2c(Cl)nccc21. The van der Waals surface area contributed by atoms with E-state index in [0.717, 1.165) is 5.52 Å². The largest absolute Gasteiger partial charge is 0.338 e. The lowest BCUT2D eigenvalue weighted by molar-refractivity contribution is 1.04. The summed E-state index contributed by atoms with van der Waals surface area (Å²) in [6.07, 6.45) is 3.09. The minimum absolute atomic E-state index is 0.381. The van der Waals surface area contributed by atoms with Crippen LogP contribution in [0.4, 0.5) is 0 Å². The quantitative estimate of drug-likeness (QED) is 0.468. The topological polar surface area (TPSA) is 56.7 Å². The fraction of sp³-hybridized carbons (Fsp3) is 0. The van der Waals surface area contributed by atoms with Gasteiger partial charge in [0, 0.05) is 6.20 Å². The molecule has 0 bridgehead atoms. The number of rotatable bonds is 0. The Balaban J connectivity index is 2.94. The van der Waals surface area contributed by atoms with Gasteiger partial charge in [-0.25, -0.2) is 14.6 Å². The lowest BCUT2D eigenvalue weighted by Crippen LogP contribution is -2.04. The molecule has 0 aliphatic carbocycles. The van der Waals surface area contributed by atoms with Crippen molar-refractivity contribution in [1.82, 2.24) is 14.6 Å².